The molecule has 0 unspecified atom stereocenters. The number of anilines is 1. The normalized spacial score (nSPS) is 13.4. The Labute approximate surface area is 184 Å². The fourth-order valence-electron chi connectivity index (χ4n) is 3.34. The molecule has 1 aliphatic heterocycles. The Morgan fingerprint density at radius 1 is 1.03 bits per heavy atom. The lowest BCUT2D eigenvalue weighted by molar-refractivity contribution is 0.0792. The van der Waals surface area contributed by atoms with Gasteiger partial charge in [0.1, 0.15) is 0 Å². The van der Waals surface area contributed by atoms with Crippen LogP contribution >= 0.6 is 23.1 Å². The number of hydrogen-bond acceptors (Lipinski definition) is 5. The van der Waals surface area contributed by atoms with Gasteiger partial charge in [-0.3, -0.25) is 9.59 Å². The zero-order valence-electron chi connectivity index (χ0n) is 16.8. The third-order valence-corrected chi connectivity index (χ3v) is 6.82. The number of likely N-dealkylation sites (tertiary alicyclic amines) is 1. The van der Waals surface area contributed by atoms with Crippen molar-refractivity contribution in [2.24, 2.45) is 0 Å². The SMILES string of the molecule is Cc1nc(CSc2ccc(C(=O)Nc3ccc(C(=O)N4CCCC4)cc3)cc2)cs1. The molecule has 0 aliphatic carbocycles. The second-order valence-electron chi connectivity index (χ2n) is 7.20. The molecule has 1 N–H and O–H groups in total. The molecule has 154 valence electrons. The quantitative estimate of drug-likeness (QED) is 0.536. The van der Waals surface area contributed by atoms with Gasteiger partial charge in [0, 0.05) is 45.9 Å². The molecule has 1 saturated heterocycles. The van der Waals surface area contributed by atoms with Gasteiger partial charge in [-0.25, -0.2) is 4.98 Å². The number of thiazole rings is 1. The summed E-state index contributed by atoms with van der Waals surface area (Å²) in [5.74, 6) is 0.713. The van der Waals surface area contributed by atoms with Crippen molar-refractivity contribution in [3.63, 3.8) is 0 Å². The molecule has 2 amide bonds. The highest BCUT2D eigenvalue weighted by atomic mass is 32.2. The number of carbonyl (C=O) groups is 2. The fourth-order valence-corrected chi connectivity index (χ4v) is 4.85. The van der Waals surface area contributed by atoms with Crippen molar-refractivity contribution in [3.05, 3.63) is 75.7 Å². The average Bonchev–Trinajstić information content (AvgIpc) is 3.44. The van der Waals surface area contributed by atoms with E-state index in [1.54, 1.807) is 47.4 Å². The molecule has 2 heterocycles. The number of amides is 2. The molecule has 0 bridgehead atoms. The highest BCUT2D eigenvalue weighted by molar-refractivity contribution is 7.98. The lowest BCUT2D eigenvalue weighted by atomic mass is 10.1. The molecule has 0 radical (unpaired) electrons. The van der Waals surface area contributed by atoms with E-state index in [1.807, 2.05) is 36.1 Å². The van der Waals surface area contributed by atoms with Crippen LogP contribution in [0.25, 0.3) is 0 Å². The summed E-state index contributed by atoms with van der Waals surface area (Å²) in [5, 5.41) is 6.05. The topological polar surface area (TPSA) is 62.3 Å². The summed E-state index contributed by atoms with van der Waals surface area (Å²) in [6.45, 7) is 3.66. The number of hydrogen-bond donors (Lipinski definition) is 1. The zero-order valence-corrected chi connectivity index (χ0v) is 18.4. The van der Waals surface area contributed by atoms with Crippen molar-refractivity contribution in [1.29, 1.82) is 0 Å². The Kier molecular flexibility index (Phi) is 6.50. The minimum absolute atomic E-state index is 0.0614. The standard InChI is InChI=1S/C23H23N3O2S2/c1-16-24-20(14-29-16)15-30-21-10-6-17(7-11-21)22(27)25-19-8-4-18(5-9-19)23(28)26-12-2-3-13-26/h4-11,14H,2-3,12-13,15H2,1H3,(H,25,27). The smallest absolute Gasteiger partial charge is 0.255 e. The van der Waals surface area contributed by atoms with Gasteiger partial charge in [0.25, 0.3) is 11.8 Å². The van der Waals surface area contributed by atoms with Gasteiger partial charge in [-0.05, 0) is 68.3 Å². The lowest BCUT2D eigenvalue weighted by Crippen LogP contribution is -2.27. The summed E-state index contributed by atoms with van der Waals surface area (Å²) in [4.78, 5) is 32.4. The number of aromatic nitrogens is 1. The molecule has 30 heavy (non-hydrogen) atoms. The van der Waals surface area contributed by atoms with E-state index in [1.165, 1.54) is 0 Å². The summed E-state index contributed by atoms with van der Waals surface area (Å²) in [6.07, 6.45) is 2.14. The van der Waals surface area contributed by atoms with E-state index in [9.17, 15) is 9.59 Å². The van der Waals surface area contributed by atoms with E-state index < -0.39 is 0 Å². The van der Waals surface area contributed by atoms with Gasteiger partial charge in [-0.2, -0.15) is 0 Å². The molecule has 7 heteroatoms. The molecule has 0 spiro atoms. The Bertz CT molecular complexity index is 1020. The third-order valence-electron chi connectivity index (χ3n) is 4.95. The maximum Gasteiger partial charge on any atom is 0.255 e. The van der Waals surface area contributed by atoms with Gasteiger partial charge in [-0.1, -0.05) is 0 Å². The van der Waals surface area contributed by atoms with Crippen LogP contribution in [-0.4, -0.2) is 34.8 Å². The summed E-state index contributed by atoms with van der Waals surface area (Å²) in [7, 11) is 0. The van der Waals surface area contributed by atoms with Crippen LogP contribution in [0.1, 0.15) is 44.3 Å². The average molecular weight is 438 g/mol. The number of carbonyl (C=O) groups excluding carboxylic acids is 2. The van der Waals surface area contributed by atoms with Crippen LogP contribution in [0.2, 0.25) is 0 Å². The summed E-state index contributed by atoms with van der Waals surface area (Å²) < 4.78 is 0. The molecule has 1 aromatic heterocycles. The molecule has 1 aliphatic rings. The zero-order chi connectivity index (χ0) is 20.9. The molecular weight excluding hydrogens is 414 g/mol. The summed E-state index contributed by atoms with van der Waals surface area (Å²) in [5.41, 5.74) is 3.01. The van der Waals surface area contributed by atoms with E-state index >= 15 is 0 Å². The largest absolute Gasteiger partial charge is 0.339 e. The monoisotopic (exact) mass is 437 g/mol. The van der Waals surface area contributed by atoms with E-state index in [2.05, 4.69) is 15.7 Å². The van der Waals surface area contributed by atoms with Gasteiger partial charge < -0.3 is 10.2 Å². The van der Waals surface area contributed by atoms with Crippen molar-refractivity contribution < 1.29 is 9.59 Å². The van der Waals surface area contributed by atoms with E-state index in [-0.39, 0.29) is 11.8 Å². The lowest BCUT2D eigenvalue weighted by Gasteiger charge is -2.15. The number of aryl methyl sites for hydroxylation is 1. The van der Waals surface area contributed by atoms with Crippen LogP contribution in [0.5, 0.6) is 0 Å². The molecule has 5 nitrogen and oxygen atoms in total. The molecular formula is C23H23N3O2S2. The van der Waals surface area contributed by atoms with Crippen LogP contribution in [0.15, 0.2) is 58.8 Å². The van der Waals surface area contributed by atoms with Crippen molar-refractivity contribution in [1.82, 2.24) is 9.88 Å². The van der Waals surface area contributed by atoms with Crippen LogP contribution < -0.4 is 5.32 Å². The predicted molar refractivity (Wildman–Crippen MR) is 122 cm³/mol. The molecule has 4 rings (SSSR count). The van der Waals surface area contributed by atoms with Crippen molar-refractivity contribution >= 4 is 40.6 Å². The molecule has 3 aromatic rings. The fraction of sp³-hybridized carbons (Fsp3) is 0.261. The number of nitrogens with one attached hydrogen (secondary N) is 1. The number of benzene rings is 2. The van der Waals surface area contributed by atoms with E-state index in [0.717, 1.165) is 47.3 Å². The Morgan fingerprint density at radius 2 is 1.70 bits per heavy atom. The first kappa shape index (κ1) is 20.6. The van der Waals surface area contributed by atoms with Crippen molar-refractivity contribution in [2.45, 2.75) is 30.4 Å². The van der Waals surface area contributed by atoms with Crippen molar-refractivity contribution in [3.8, 4) is 0 Å². The second-order valence-corrected chi connectivity index (χ2v) is 9.31. The Morgan fingerprint density at radius 3 is 2.33 bits per heavy atom. The Hall–Kier alpha value is -2.64. The summed E-state index contributed by atoms with van der Waals surface area (Å²) >= 11 is 3.36. The second kappa shape index (κ2) is 9.45. The van der Waals surface area contributed by atoms with Gasteiger partial charge in [0.05, 0.1) is 10.7 Å². The minimum Gasteiger partial charge on any atom is -0.339 e. The first-order valence-corrected chi connectivity index (χ1v) is 11.8. The highest BCUT2D eigenvalue weighted by Gasteiger charge is 2.19. The summed E-state index contributed by atoms with van der Waals surface area (Å²) in [6, 6.07) is 14.7. The van der Waals surface area contributed by atoms with Crippen LogP contribution in [-0.2, 0) is 5.75 Å². The maximum atomic E-state index is 12.5. The first-order valence-electron chi connectivity index (χ1n) is 9.93. The minimum atomic E-state index is -0.166. The van der Waals surface area contributed by atoms with Gasteiger partial charge in [-0.15, -0.1) is 23.1 Å². The van der Waals surface area contributed by atoms with Crippen LogP contribution in [0.4, 0.5) is 5.69 Å². The van der Waals surface area contributed by atoms with Gasteiger partial charge in [0.2, 0.25) is 0 Å². The number of thioether (sulfide) groups is 1. The van der Waals surface area contributed by atoms with E-state index in [4.69, 9.17) is 0 Å². The van der Waals surface area contributed by atoms with Gasteiger partial charge >= 0.3 is 0 Å². The van der Waals surface area contributed by atoms with Crippen LogP contribution in [0.3, 0.4) is 0 Å². The molecule has 2 aromatic carbocycles. The molecule has 0 atom stereocenters. The predicted octanol–water partition coefficient (Wildman–Crippen LogP) is 5.23. The number of nitrogens with zero attached hydrogens (tertiary/aromatic N) is 2. The Balaban J connectivity index is 1.32. The van der Waals surface area contributed by atoms with Crippen molar-refractivity contribution in [2.75, 3.05) is 18.4 Å². The molecule has 1 fully saturated rings. The van der Waals surface area contributed by atoms with Crippen LogP contribution in [0, 0.1) is 6.92 Å². The number of rotatable bonds is 6. The first-order chi connectivity index (χ1) is 14.6. The highest BCUT2D eigenvalue weighted by Crippen LogP contribution is 2.24. The third kappa shape index (κ3) is 5.09. The maximum absolute atomic E-state index is 12.5. The van der Waals surface area contributed by atoms with Gasteiger partial charge in [0.15, 0.2) is 0 Å². The molecule has 0 saturated carbocycles. The van der Waals surface area contributed by atoms with E-state index in [0.29, 0.717) is 16.8 Å².